The zero-order valence-electron chi connectivity index (χ0n) is 14.4. The van der Waals surface area contributed by atoms with Gasteiger partial charge in [0.1, 0.15) is 34.5 Å². The van der Waals surface area contributed by atoms with Crippen molar-refractivity contribution in [2.45, 2.75) is 6.18 Å². The summed E-state index contributed by atoms with van der Waals surface area (Å²) in [6, 6.07) is 9.68. The van der Waals surface area contributed by atoms with Crippen molar-refractivity contribution >= 4 is 11.6 Å². The Morgan fingerprint density at radius 1 is 0.862 bits per heavy atom. The van der Waals surface area contributed by atoms with Gasteiger partial charge in [-0.05, 0) is 48.5 Å². The smallest absolute Gasteiger partial charge is 0.419 e. The van der Waals surface area contributed by atoms with E-state index in [1.165, 1.54) is 24.3 Å². The number of anilines is 1. The molecule has 1 amide bonds. The monoisotopic (exact) mass is 411 g/mol. The van der Waals surface area contributed by atoms with E-state index in [2.05, 4.69) is 5.32 Å². The van der Waals surface area contributed by atoms with Gasteiger partial charge in [-0.3, -0.25) is 4.79 Å². The minimum Gasteiger partial charge on any atom is -0.457 e. The van der Waals surface area contributed by atoms with Gasteiger partial charge in [0, 0.05) is 11.8 Å². The van der Waals surface area contributed by atoms with Gasteiger partial charge in [0.25, 0.3) is 5.91 Å². The molecule has 150 valence electrons. The Balaban J connectivity index is 1.78. The van der Waals surface area contributed by atoms with Crippen molar-refractivity contribution in [2.24, 2.45) is 0 Å². The molecule has 0 unspecified atom stereocenters. The molecule has 3 aromatic rings. The number of hydrogen-bond acceptors (Lipinski definition) is 2. The topological polar surface area (TPSA) is 38.3 Å². The summed E-state index contributed by atoms with van der Waals surface area (Å²) in [4.78, 5) is 12.0. The maximum absolute atomic E-state index is 13.6. The predicted molar refractivity (Wildman–Crippen MR) is 92.2 cm³/mol. The summed E-state index contributed by atoms with van der Waals surface area (Å²) in [5.74, 6) is -4.86. The van der Waals surface area contributed by atoms with Gasteiger partial charge in [-0.25, -0.2) is 13.2 Å². The van der Waals surface area contributed by atoms with Crippen molar-refractivity contribution in [3.8, 4) is 11.5 Å². The number of benzene rings is 3. The third kappa shape index (κ3) is 4.68. The molecular formula is C20H11F6NO2. The minimum absolute atomic E-state index is 0.0730. The Kier molecular flexibility index (Phi) is 5.49. The molecule has 0 bridgehead atoms. The molecule has 0 heterocycles. The fourth-order valence-corrected chi connectivity index (χ4v) is 2.46. The molecule has 0 saturated carbocycles. The van der Waals surface area contributed by atoms with Crippen LogP contribution < -0.4 is 10.1 Å². The molecule has 3 aromatic carbocycles. The second-order valence-corrected chi connectivity index (χ2v) is 5.82. The average molecular weight is 411 g/mol. The molecule has 3 nitrogen and oxygen atoms in total. The highest BCUT2D eigenvalue weighted by molar-refractivity contribution is 6.04. The number of nitrogens with one attached hydrogen (secondary N) is 1. The number of rotatable bonds is 4. The van der Waals surface area contributed by atoms with Crippen molar-refractivity contribution in [2.75, 3.05) is 5.32 Å². The van der Waals surface area contributed by atoms with Crippen molar-refractivity contribution in [1.82, 2.24) is 0 Å². The Hall–Kier alpha value is -3.49. The van der Waals surface area contributed by atoms with Gasteiger partial charge in [-0.15, -0.1) is 0 Å². The molecule has 9 heteroatoms. The number of carbonyl (C=O) groups is 1. The molecule has 0 aliphatic rings. The number of ether oxygens (including phenoxy) is 1. The van der Waals surface area contributed by atoms with Crippen molar-refractivity contribution in [3.05, 3.63) is 89.2 Å². The van der Waals surface area contributed by atoms with Crippen LogP contribution in [0, 0.1) is 17.5 Å². The van der Waals surface area contributed by atoms with E-state index in [1.54, 1.807) is 0 Å². The van der Waals surface area contributed by atoms with Crippen molar-refractivity contribution in [3.63, 3.8) is 0 Å². The first-order valence-electron chi connectivity index (χ1n) is 8.05. The lowest BCUT2D eigenvalue weighted by atomic mass is 10.1. The van der Waals surface area contributed by atoms with Crippen LogP contribution in [0.5, 0.6) is 11.5 Å². The highest BCUT2D eigenvalue weighted by Gasteiger charge is 2.34. The number of alkyl halides is 3. The van der Waals surface area contributed by atoms with E-state index in [0.717, 1.165) is 18.2 Å². The number of halogens is 6. The summed E-state index contributed by atoms with van der Waals surface area (Å²) < 4.78 is 84.7. The molecule has 0 radical (unpaired) electrons. The van der Waals surface area contributed by atoms with Gasteiger partial charge in [-0.1, -0.05) is 6.07 Å². The predicted octanol–water partition coefficient (Wildman–Crippen LogP) is 6.17. The van der Waals surface area contributed by atoms with Gasteiger partial charge >= 0.3 is 6.18 Å². The van der Waals surface area contributed by atoms with Crippen LogP contribution in [0.15, 0.2) is 60.7 Å². The SMILES string of the molecule is O=C(Nc1ccc(Oc2cc(F)ccc2C(F)(F)F)cc1)c1c(F)cccc1F. The fraction of sp³-hybridized carbons (Fsp3) is 0.0500. The van der Waals surface area contributed by atoms with Gasteiger partial charge in [0.15, 0.2) is 0 Å². The van der Waals surface area contributed by atoms with E-state index in [-0.39, 0.29) is 11.4 Å². The quantitative estimate of drug-likeness (QED) is 0.522. The molecule has 0 fully saturated rings. The average Bonchev–Trinajstić information content (AvgIpc) is 2.62. The van der Waals surface area contributed by atoms with E-state index in [0.29, 0.717) is 18.2 Å². The van der Waals surface area contributed by atoms with E-state index in [9.17, 15) is 31.1 Å². The molecule has 0 aromatic heterocycles. The van der Waals surface area contributed by atoms with Gasteiger partial charge in [-0.2, -0.15) is 13.2 Å². The summed E-state index contributed by atoms with van der Waals surface area (Å²) in [5, 5.41) is 2.26. The Labute approximate surface area is 160 Å². The van der Waals surface area contributed by atoms with Crippen LogP contribution in [-0.2, 0) is 6.18 Å². The molecule has 3 rings (SSSR count). The Bertz CT molecular complexity index is 1030. The van der Waals surface area contributed by atoms with Crippen LogP contribution in [0.4, 0.5) is 32.0 Å². The van der Waals surface area contributed by atoms with Gasteiger partial charge in [0.05, 0.1) is 5.56 Å². The molecule has 29 heavy (non-hydrogen) atoms. The standard InChI is InChI=1S/C20H11F6NO2/c21-11-4-9-14(20(24,25)26)17(10-11)29-13-7-5-12(6-8-13)27-19(28)18-15(22)2-1-3-16(18)23/h1-10H,(H,27,28). The molecule has 0 saturated heterocycles. The molecule has 0 spiro atoms. The van der Waals surface area contributed by atoms with E-state index >= 15 is 0 Å². The highest BCUT2D eigenvalue weighted by Crippen LogP contribution is 2.38. The molecule has 1 N–H and O–H groups in total. The zero-order valence-corrected chi connectivity index (χ0v) is 14.4. The van der Waals surface area contributed by atoms with E-state index < -0.39 is 46.4 Å². The van der Waals surface area contributed by atoms with Crippen molar-refractivity contribution in [1.29, 1.82) is 0 Å². The third-order valence-corrected chi connectivity index (χ3v) is 3.78. The largest absolute Gasteiger partial charge is 0.457 e. The third-order valence-electron chi connectivity index (χ3n) is 3.78. The summed E-state index contributed by atoms with van der Waals surface area (Å²) >= 11 is 0. The molecule has 0 atom stereocenters. The Morgan fingerprint density at radius 2 is 1.48 bits per heavy atom. The van der Waals surface area contributed by atoms with Gasteiger partial charge < -0.3 is 10.1 Å². The van der Waals surface area contributed by atoms with Crippen LogP contribution in [-0.4, -0.2) is 5.91 Å². The maximum Gasteiger partial charge on any atom is 0.419 e. The summed E-state index contributed by atoms with van der Waals surface area (Å²) in [7, 11) is 0. The molecular weight excluding hydrogens is 400 g/mol. The van der Waals surface area contributed by atoms with Crippen LogP contribution in [0.25, 0.3) is 0 Å². The Morgan fingerprint density at radius 3 is 2.07 bits per heavy atom. The zero-order chi connectivity index (χ0) is 21.2. The number of amides is 1. The van der Waals surface area contributed by atoms with Crippen LogP contribution in [0.1, 0.15) is 15.9 Å². The fourth-order valence-electron chi connectivity index (χ4n) is 2.46. The lowest BCUT2D eigenvalue weighted by molar-refractivity contribution is -0.138. The van der Waals surface area contributed by atoms with E-state index in [1.807, 2.05) is 0 Å². The second-order valence-electron chi connectivity index (χ2n) is 5.82. The summed E-state index contributed by atoms with van der Waals surface area (Å²) in [6.07, 6.45) is -4.75. The molecule has 0 aliphatic heterocycles. The number of carbonyl (C=O) groups excluding carboxylic acids is 1. The second kappa shape index (κ2) is 7.86. The summed E-state index contributed by atoms with van der Waals surface area (Å²) in [6.45, 7) is 0. The highest BCUT2D eigenvalue weighted by atomic mass is 19.4. The van der Waals surface area contributed by atoms with Crippen molar-refractivity contribution < 1.29 is 35.9 Å². The molecule has 0 aliphatic carbocycles. The lowest BCUT2D eigenvalue weighted by Crippen LogP contribution is -2.15. The minimum atomic E-state index is -4.75. The van der Waals surface area contributed by atoms with Crippen LogP contribution in [0.2, 0.25) is 0 Å². The van der Waals surface area contributed by atoms with Crippen LogP contribution >= 0.6 is 0 Å². The van der Waals surface area contributed by atoms with E-state index in [4.69, 9.17) is 4.74 Å². The summed E-state index contributed by atoms with van der Waals surface area (Å²) in [5.41, 5.74) is -1.82. The van der Waals surface area contributed by atoms with Crippen LogP contribution in [0.3, 0.4) is 0 Å². The first-order chi connectivity index (χ1) is 13.6. The number of hydrogen-bond donors (Lipinski definition) is 1. The van der Waals surface area contributed by atoms with Gasteiger partial charge in [0.2, 0.25) is 0 Å². The first kappa shape index (κ1) is 20.2. The maximum atomic E-state index is 13.6. The lowest BCUT2D eigenvalue weighted by Gasteiger charge is -2.14. The normalized spacial score (nSPS) is 11.2. The first-order valence-corrected chi connectivity index (χ1v) is 8.05.